The third-order valence-corrected chi connectivity index (χ3v) is 6.48. The standard InChI is InChI=1S/C31H21NO3/c1-35-23-12-7-11-22(18-23)31(34)29-19-26(30(33)21-9-3-2-4-10-21)28-17-15-25-24-13-6-5-8-20(24)14-16-27(25)32(28)29/h2-19H,1H3. The first-order valence-electron chi connectivity index (χ1n) is 11.4. The molecule has 0 bridgehead atoms. The number of hydrogen-bond acceptors (Lipinski definition) is 3. The molecule has 0 saturated heterocycles. The fraction of sp³-hybridized carbons (Fsp3) is 0.0323. The van der Waals surface area contributed by atoms with Gasteiger partial charge in [0.25, 0.3) is 0 Å². The molecule has 2 aromatic heterocycles. The van der Waals surface area contributed by atoms with Crippen molar-refractivity contribution in [3.05, 3.63) is 132 Å². The van der Waals surface area contributed by atoms with E-state index in [1.807, 2.05) is 52.9 Å². The van der Waals surface area contributed by atoms with Crippen molar-refractivity contribution < 1.29 is 14.3 Å². The summed E-state index contributed by atoms with van der Waals surface area (Å²) in [6.45, 7) is 0. The number of hydrogen-bond donors (Lipinski definition) is 0. The third-order valence-electron chi connectivity index (χ3n) is 6.48. The molecule has 0 unspecified atom stereocenters. The molecule has 6 rings (SSSR count). The number of carbonyl (C=O) groups is 2. The van der Waals surface area contributed by atoms with Gasteiger partial charge in [-0.15, -0.1) is 0 Å². The normalized spacial score (nSPS) is 11.2. The monoisotopic (exact) mass is 455 g/mol. The Bertz CT molecular complexity index is 1760. The van der Waals surface area contributed by atoms with E-state index in [0.29, 0.717) is 33.7 Å². The lowest BCUT2D eigenvalue weighted by atomic mass is 10.0. The Labute approximate surface area is 202 Å². The molecule has 6 aromatic rings. The van der Waals surface area contributed by atoms with Crippen LogP contribution >= 0.6 is 0 Å². The highest BCUT2D eigenvalue weighted by atomic mass is 16.5. The predicted octanol–water partition coefficient (Wildman–Crippen LogP) is 6.72. The van der Waals surface area contributed by atoms with Crippen LogP contribution in [0, 0.1) is 0 Å². The van der Waals surface area contributed by atoms with Crippen molar-refractivity contribution >= 4 is 38.8 Å². The number of aromatic nitrogens is 1. The number of nitrogens with zero attached hydrogens (tertiary/aromatic N) is 1. The quantitative estimate of drug-likeness (QED) is 0.214. The molecule has 0 atom stereocenters. The number of fused-ring (bicyclic) bond motifs is 5. The summed E-state index contributed by atoms with van der Waals surface area (Å²) in [5.41, 5.74) is 3.59. The van der Waals surface area contributed by atoms with Crippen LogP contribution in [-0.2, 0) is 0 Å². The number of ketones is 2. The highest BCUT2D eigenvalue weighted by molar-refractivity contribution is 6.18. The van der Waals surface area contributed by atoms with Crippen molar-refractivity contribution in [2.24, 2.45) is 0 Å². The fourth-order valence-electron chi connectivity index (χ4n) is 4.77. The van der Waals surface area contributed by atoms with Gasteiger partial charge in [0.05, 0.1) is 23.8 Å². The highest BCUT2D eigenvalue weighted by Crippen LogP contribution is 2.31. The van der Waals surface area contributed by atoms with Crippen molar-refractivity contribution in [3.63, 3.8) is 0 Å². The van der Waals surface area contributed by atoms with Gasteiger partial charge in [-0.05, 0) is 41.1 Å². The summed E-state index contributed by atoms with van der Waals surface area (Å²) in [5.74, 6) is 0.313. The SMILES string of the molecule is COc1cccc(C(=O)c2cc(C(=O)c3ccccc3)c3ccc4c5ccccc5ccc4n23)c1. The molecule has 0 amide bonds. The molecule has 2 heterocycles. The largest absolute Gasteiger partial charge is 0.497 e. The van der Waals surface area contributed by atoms with Crippen LogP contribution in [0.5, 0.6) is 5.75 Å². The summed E-state index contributed by atoms with van der Waals surface area (Å²) >= 11 is 0. The Kier molecular flexibility index (Phi) is 4.93. The Balaban J connectivity index is 1.67. The zero-order chi connectivity index (χ0) is 23.9. The lowest BCUT2D eigenvalue weighted by molar-refractivity contribution is 0.103. The van der Waals surface area contributed by atoms with E-state index in [4.69, 9.17) is 4.74 Å². The molecule has 0 N–H and O–H groups in total. The lowest BCUT2D eigenvalue weighted by Gasteiger charge is -2.10. The molecule has 0 spiro atoms. The molecule has 35 heavy (non-hydrogen) atoms. The van der Waals surface area contributed by atoms with E-state index in [-0.39, 0.29) is 11.6 Å². The molecule has 0 aliphatic rings. The molecule has 0 radical (unpaired) electrons. The first-order valence-corrected chi connectivity index (χ1v) is 11.4. The first-order chi connectivity index (χ1) is 17.2. The second kappa shape index (κ2) is 8.26. The van der Waals surface area contributed by atoms with Crippen LogP contribution in [0.2, 0.25) is 0 Å². The van der Waals surface area contributed by atoms with Crippen molar-refractivity contribution in [3.8, 4) is 5.75 Å². The zero-order valence-electron chi connectivity index (χ0n) is 19.1. The van der Waals surface area contributed by atoms with Gasteiger partial charge in [-0.3, -0.25) is 9.59 Å². The van der Waals surface area contributed by atoms with Gasteiger partial charge >= 0.3 is 0 Å². The van der Waals surface area contributed by atoms with E-state index in [1.54, 1.807) is 49.6 Å². The van der Waals surface area contributed by atoms with Gasteiger partial charge in [-0.2, -0.15) is 0 Å². The fourth-order valence-corrected chi connectivity index (χ4v) is 4.77. The Morgan fingerprint density at radius 3 is 2.20 bits per heavy atom. The lowest BCUT2D eigenvalue weighted by Crippen LogP contribution is -2.06. The molecule has 0 aliphatic carbocycles. The van der Waals surface area contributed by atoms with Crippen molar-refractivity contribution in [2.75, 3.05) is 7.11 Å². The maximum Gasteiger partial charge on any atom is 0.209 e. The molecule has 0 fully saturated rings. The van der Waals surface area contributed by atoms with Crippen LogP contribution in [0.1, 0.15) is 32.0 Å². The summed E-state index contributed by atoms with van der Waals surface area (Å²) in [6, 6.07) is 34.2. The molecular formula is C31H21NO3. The molecule has 0 aliphatic heterocycles. The number of carbonyl (C=O) groups excluding carboxylic acids is 2. The van der Waals surface area contributed by atoms with Gasteiger partial charge in [-0.1, -0.05) is 78.9 Å². The van der Waals surface area contributed by atoms with E-state index < -0.39 is 0 Å². The third kappa shape index (κ3) is 3.39. The molecular weight excluding hydrogens is 434 g/mol. The van der Waals surface area contributed by atoms with E-state index >= 15 is 0 Å². The van der Waals surface area contributed by atoms with Crippen molar-refractivity contribution in [1.29, 1.82) is 0 Å². The summed E-state index contributed by atoms with van der Waals surface area (Å²) in [5, 5.41) is 3.23. The van der Waals surface area contributed by atoms with Gasteiger partial charge in [0.15, 0.2) is 5.78 Å². The number of rotatable bonds is 5. The Morgan fingerprint density at radius 2 is 1.37 bits per heavy atom. The highest BCUT2D eigenvalue weighted by Gasteiger charge is 2.23. The average molecular weight is 456 g/mol. The minimum Gasteiger partial charge on any atom is -0.497 e. The number of benzene rings is 4. The zero-order valence-corrected chi connectivity index (χ0v) is 19.1. The summed E-state index contributed by atoms with van der Waals surface area (Å²) in [4.78, 5) is 27.4. The van der Waals surface area contributed by atoms with Gasteiger partial charge in [-0.25, -0.2) is 0 Å². The van der Waals surface area contributed by atoms with Crippen LogP contribution < -0.4 is 4.74 Å². The molecule has 4 nitrogen and oxygen atoms in total. The van der Waals surface area contributed by atoms with Crippen molar-refractivity contribution in [1.82, 2.24) is 4.40 Å². The first kappa shape index (κ1) is 20.9. The van der Waals surface area contributed by atoms with Crippen LogP contribution in [0.25, 0.3) is 27.2 Å². The van der Waals surface area contributed by atoms with Gasteiger partial charge in [0.2, 0.25) is 5.78 Å². The number of pyridine rings is 1. The Morgan fingerprint density at radius 1 is 0.629 bits per heavy atom. The summed E-state index contributed by atoms with van der Waals surface area (Å²) in [6.07, 6.45) is 0. The minimum atomic E-state index is -0.174. The smallest absolute Gasteiger partial charge is 0.209 e. The summed E-state index contributed by atoms with van der Waals surface area (Å²) < 4.78 is 7.25. The number of ether oxygens (including phenoxy) is 1. The van der Waals surface area contributed by atoms with E-state index in [9.17, 15) is 9.59 Å². The second-order valence-electron chi connectivity index (χ2n) is 8.47. The van der Waals surface area contributed by atoms with Crippen LogP contribution in [0.3, 0.4) is 0 Å². The molecule has 4 aromatic carbocycles. The maximum atomic E-state index is 13.8. The van der Waals surface area contributed by atoms with Crippen LogP contribution in [0.15, 0.2) is 109 Å². The minimum absolute atomic E-state index is 0.118. The topological polar surface area (TPSA) is 47.8 Å². The average Bonchev–Trinajstić information content (AvgIpc) is 3.32. The van der Waals surface area contributed by atoms with E-state index in [1.165, 1.54) is 0 Å². The van der Waals surface area contributed by atoms with Crippen LogP contribution in [0.4, 0.5) is 0 Å². The van der Waals surface area contributed by atoms with E-state index in [2.05, 4.69) is 18.2 Å². The second-order valence-corrected chi connectivity index (χ2v) is 8.47. The maximum absolute atomic E-state index is 13.8. The van der Waals surface area contributed by atoms with Crippen LogP contribution in [-0.4, -0.2) is 23.1 Å². The predicted molar refractivity (Wildman–Crippen MR) is 139 cm³/mol. The van der Waals surface area contributed by atoms with Crippen molar-refractivity contribution in [2.45, 2.75) is 0 Å². The van der Waals surface area contributed by atoms with Gasteiger partial charge < -0.3 is 9.14 Å². The summed E-state index contributed by atoms with van der Waals surface area (Å²) in [7, 11) is 1.57. The molecule has 0 saturated carbocycles. The number of methoxy groups -OCH3 is 1. The van der Waals surface area contributed by atoms with E-state index in [0.717, 1.165) is 21.7 Å². The Hall–Kier alpha value is -4.70. The molecule has 4 heteroatoms. The molecule has 168 valence electrons. The van der Waals surface area contributed by atoms with Gasteiger partial charge in [0.1, 0.15) is 5.75 Å². The van der Waals surface area contributed by atoms with Gasteiger partial charge in [0, 0.05) is 22.1 Å².